The molecule has 0 bridgehead atoms. The van der Waals surface area contributed by atoms with Crippen LogP contribution in [-0.2, 0) is 0 Å². The summed E-state index contributed by atoms with van der Waals surface area (Å²) in [6.45, 7) is 1.07. The van der Waals surface area contributed by atoms with E-state index >= 15 is 0 Å². The standard InChI is InChI=1S/C5H9N/c1-2-4-6-5-3-1/h4H,1-3,5H2/i1+1,2+1,3+1,5+1,6+1. The molecule has 0 unspecified atom stereocenters. The smallest absolute Gasteiger partial charge is 0.0385 e. The van der Waals surface area contributed by atoms with Gasteiger partial charge in [-0.1, -0.05) is 0 Å². The minimum atomic E-state index is 1.07. The van der Waals surface area contributed by atoms with Crippen LogP contribution in [0.25, 0.3) is 0 Å². The Morgan fingerprint density at radius 3 is 2.50 bits per heavy atom. The highest BCUT2D eigenvalue weighted by molar-refractivity contribution is 5.57. The topological polar surface area (TPSA) is 12.4 Å². The van der Waals surface area contributed by atoms with Crippen molar-refractivity contribution in [3.8, 4) is 0 Å². The zero-order valence-electron chi connectivity index (χ0n) is 3.85. The predicted molar refractivity (Wildman–Crippen MR) is 27.2 cm³/mol. The lowest BCUT2D eigenvalue weighted by Gasteiger charge is -1.97. The molecule has 0 spiro atoms. The maximum absolute atomic E-state index is 4.05. The average molecular weight is 88.1 g/mol. The van der Waals surface area contributed by atoms with E-state index in [1.165, 1.54) is 19.3 Å². The van der Waals surface area contributed by atoms with Crippen LogP contribution in [0.1, 0.15) is 19.3 Å². The molecule has 0 aromatic rings. The maximum atomic E-state index is 4.05. The lowest BCUT2D eigenvalue weighted by Crippen LogP contribution is -1.89. The molecule has 0 aromatic carbocycles. The van der Waals surface area contributed by atoms with Gasteiger partial charge in [0, 0.05) is 6.54 Å². The van der Waals surface area contributed by atoms with E-state index in [2.05, 4.69) is 4.99 Å². The summed E-state index contributed by atoms with van der Waals surface area (Å²) in [6, 6.07) is 0. The number of hydrogen-bond acceptors (Lipinski definition) is 1. The lowest BCUT2D eigenvalue weighted by molar-refractivity contribution is 0.749. The lowest BCUT2D eigenvalue weighted by atomic mass is 11.0. The average Bonchev–Trinajstić information content (AvgIpc) is 1.72. The second-order valence-electron chi connectivity index (χ2n) is 1.58. The molecule has 1 heteroatoms. The molecule has 1 aliphatic heterocycles. The van der Waals surface area contributed by atoms with Gasteiger partial charge in [-0.05, 0) is 25.5 Å². The molecule has 0 aliphatic carbocycles. The molecule has 1 nitrogen and oxygen atoms in total. The fraction of sp³-hybridized carbons (Fsp3) is 0.800. The van der Waals surface area contributed by atoms with E-state index in [0.29, 0.717) is 0 Å². The highest BCUT2D eigenvalue weighted by Crippen LogP contribution is 1.97. The van der Waals surface area contributed by atoms with E-state index in [1.54, 1.807) is 0 Å². The summed E-state index contributed by atoms with van der Waals surface area (Å²) in [5.74, 6) is 0. The van der Waals surface area contributed by atoms with Gasteiger partial charge in [0.2, 0.25) is 0 Å². The summed E-state index contributed by atoms with van der Waals surface area (Å²) < 4.78 is 0. The first kappa shape index (κ1) is 3.85. The Bertz CT molecular complexity index is 49.0. The van der Waals surface area contributed by atoms with Crippen molar-refractivity contribution in [1.82, 2.24) is 0 Å². The molecule has 0 N–H and O–H groups in total. The summed E-state index contributed by atoms with van der Waals surface area (Å²) in [5, 5.41) is 0. The van der Waals surface area contributed by atoms with Gasteiger partial charge < -0.3 is 0 Å². The van der Waals surface area contributed by atoms with E-state index in [0.717, 1.165) is 6.54 Å². The van der Waals surface area contributed by atoms with Gasteiger partial charge in [0.05, 0.1) is 0 Å². The maximum Gasteiger partial charge on any atom is 0.0385 e. The van der Waals surface area contributed by atoms with Crippen molar-refractivity contribution in [2.75, 3.05) is 6.54 Å². The molecule has 0 radical (unpaired) electrons. The zero-order chi connectivity index (χ0) is 4.24. The van der Waals surface area contributed by atoms with Crippen LogP contribution in [0.5, 0.6) is 0 Å². The number of hydrogen-bond donors (Lipinski definition) is 0. The quantitative estimate of drug-likeness (QED) is 0.312. The molecule has 0 saturated heterocycles. The Morgan fingerprint density at radius 2 is 2.33 bits per heavy atom. The first-order valence-corrected chi connectivity index (χ1v) is 2.48. The van der Waals surface area contributed by atoms with Gasteiger partial charge in [0.25, 0.3) is 0 Å². The van der Waals surface area contributed by atoms with Crippen LogP contribution < -0.4 is 0 Å². The molecule has 0 aromatic heterocycles. The summed E-state index contributed by atoms with van der Waals surface area (Å²) >= 11 is 0. The number of nitrogens with zero attached hydrogens (tertiary/aromatic N) is 1. The number of rotatable bonds is 0. The van der Waals surface area contributed by atoms with Gasteiger partial charge in [0.1, 0.15) is 0 Å². The molecule has 1 rings (SSSR count). The number of aliphatic imine (C=N–C) groups is 1. The molecule has 0 saturated carbocycles. The van der Waals surface area contributed by atoms with Crippen molar-refractivity contribution < 1.29 is 0 Å². The van der Waals surface area contributed by atoms with Crippen LogP contribution in [0.3, 0.4) is 0 Å². The van der Waals surface area contributed by atoms with Gasteiger partial charge in [-0.2, -0.15) is 0 Å². The van der Waals surface area contributed by atoms with Crippen LogP contribution >= 0.6 is 0 Å². The van der Waals surface area contributed by atoms with E-state index in [-0.39, 0.29) is 0 Å². The molecule has 0 fully saturated rings. The molecule has 1 aliphatic rings. The van der Waals surface area contributed by atoms with Crippen LogP contribution in [0.2, 0.25) is 0 Å². The van der Waals surface area contributed by atoms with Crippen LogP contribution in [0, 0.1) is 0 Å². The Labute approximate surface area is 38.1 Å². The fourth-order valence-electron chi connectivity index (χ4n) is 0.621. The Balaban J connectivity index is 2.26. The van der Waals surface area contributed by atoms with Gasteiger partial charge in [0.15, 0.2) is 0 Å². The molecule has 0 amide bonds. The van der Waals surface area contributed by atoms with E-state index in [4.69, 9.17) is 0 Å². The second kappa shape index (κ2) is 1.96. The van der Waals surface area contributed by atoms with Crippen molar-refractivity contribution in [1.29, 1.82) is 0 Å². The molecule has 34 valence electrons. The monoisotopic (exact) mass is 88.1 g/mol. The van der Waals surface area contributed by atoms with E-state index in [1.807, 2.05) is 6.21 Å². The zero-order valence-corrected chi connectivity index (χ0v) is 3.85. The van der Waals surface area contributed by atoms with Crippen LogP contribution in [0.4, 0.5) is 0 Å². The van der Waals surface area contributed by atoms with Crippen LogP contribution in [-0.4, -0.2) is 12.8 Å². The summed E-state index contributed by atoms with van der Waals surface area (Å²) in [4.78, 5) is 4.05. The van der Waals surface area contributed by atoms with Crippen LogP contribution in [0.15, 0.2) is 4.99 Å². The molecule has 0 atom stereocenters. The third-order valence-electron chi connectivity index (χ3n) is 1.000. The second-order valence-corrected chi connectivity index (χ2v) is 1.58. The highest BCUT2D eigenvalue weighted by Gasteiger charge is 1.88. The third kappa shape index (κ3) is 0.814. The Morgan fingerprint density at radius 1 is 1.33 bits per heavy atom. The largest absolute Gasteiger partial charge is 0.298 e. The molecule has 6 heavy (non-hydrogen) atoms. The molecular weight excluding hydrogens is 79.0 g/mol. The van der Waals surface area contributed by atoms with Crippen molar-refractivity contribution in [3.05, 3.63) is 0 Å². The van der Waals surface area contributed by atoms with Crippen molar-refractivity contribution in [2.45, 2.75) is 19.3 Å². The molecule has 1 heterocycles. The Hall–Kier alpha value is -0.330. The van der Waals surface area contributed by atoms with E-state index < -0.39 is 0 Å². The molecular formula is C5H9N. The summed E-state index contributed by atoms with van der Waals surface area (Å²) in [6.07, 6.45) is 5.88. The first-order valence-electron chi connectivity index (χ1n) is 2.48. The fourth-order valence-corrected chi connectivity index (χ4v) is 0.621. The van der Waals surface area contributed by atoms with Gasteiger partial charge >= 0.3 is 0 Å². The van der Waals surface area contributed by atoms with Crippen molar-refractivity contribution in [2.24, 2.45) is 4.99 Å². The van der Waals surface area contributed by atoms with Gasteiger partial charge in [-0.25, -0.2) is 0 Å². The minimum absolute atomic E-state index is 1.07. The van der Waals surface area contributed by atoms with Gasteiger partial charge in [-0.3, -0.25) is 4.99 Å². The summed E-state index contributed by atoms with van der Waals surface area (Å²) in [5.41, 5.74) is 0. The van der Waals surface area contributed by atoms with Gasteiger partial charge in [-0.15, -0.1) is 0 Å². The normalized spacial score (nSPS) is 21.3. The van der Waals surface area contributed by atoms with Crippen molar-refractivity contribution in [3.63, 3.8) is 0 Å². The van der Waals surface area contributed by atoms with Crippen molar-refractivity contribution >= 4 is 6.21 Å². The SMILES string of the molecule is C1=[15N][13CH2][13CH2][13CH2][13CH2]1. The van der Waals surface area contributed by atoms with E-state index in [9.17, 15) is 0 Å². The predicted octanol–water partition coefficient (Wildman–Crippen LogP) is 1.24. The highest BCUT2D eigenvalue weighted by atomic mass is 15.6. The first-order chi connectivity index (χ1) is 3.00. The summed E-state index contributed by atoms with van der Waals surface area (Å²) in [7, 11) is 0. The third-order valence-corrected chi connectivity index (χ3v) is 1.000. The Kier molecular flexibility index (Phi) is 1.25. The minimum Gasteiger partial charge on any atom is -0.298 e.